The number of carbonyl (C=O) groups excluding carboxylic acids is 2. The summed E-state index contributed by atoms with van der Waals surface area (Å²) in [4.78, 5) is 21.5. The van der Waals surface area contributed by atoms with Crippen LogP contribution in [0.1, 0.15) is 20.8 Å². The van der Waals surface area contributed by atoms with E-state index in [9.17, 15) is 14.0 Å². The minimum absolute atomic E-state index is 0.0281. The van der Waals surface area contributed by atoms with Crippen LogP contribution >= 0.6 is 0 Å². The normalized spacial score (nSPS) is 34.2. The number of esters is 2. The Balaban J connectivity index is 2.66. The highest BCUT2D eigenvalue weighted by Gasteiger charge is 2.42. The second-order valence-electron chi connectivity index (χ2n) is 3.70. The maximum atomic E-state index is 13.8. The van der Waals surface area contributed by atoms with Crippen LogP contribution in [0.3, 0.4) is 0 Å². The standard InChI is InChI=1S/C10H15FO5/c1-5-10(16-7(3)13)9(11)8(4-14-5)15-6(2)12/h5,8-10H,4H2,1-3H3/t5-,8-,9-,10-/m0/s1. The first-order valence-corrected chi connectivity index (χ1v) is 5.02. The van der Waals surface area contributed by atoms with Crippen molar-refractivity contribution >= 4 is 11.9 Å². The number of halogens is 1. The van der Waals surface area contributed by atoms with Crippen molar-refractivity contribution in [2.45, 2.75) is 45.3 Å². The van der Waals surface area contributed by atoms with Gasteiger partial charge in [-0.3, -0.25) is 9.59 Å². The van der Waals surface area contributed by atoms with Gasteiger partial charge in [-0.05, 0) is 6.92 Å². The van der Waals surface area contributed by atoms with Crippen molar-refractivity contribution in [1.29, 1.82) is 0 Å². The Labute approximate surface area is 92.8 Å². The molecule has 1 saturated heterocycles. The predicted octanol–water partition coefficient (Wildman–Crippen LogP) is 0.607. The lowest BCUT2D eigenvalue weighted by Crippen LogP contribution is -2.52. The Hall–Kier alpha value is -1.17. The minimum atomic E-state index is -1.56. The van der Waals surface area contributed by atoms with E-state index in [4.69, 9.17) is 14.2 Å². The fraction of sp³-hybridized carbons (Fsp3) is 0.800. The summed E-state index contributed by atoms with van der Waals surface area (Å²) in [5, 5.41) is 0. The summed E-state index contributed by atoms with van der Waals surface area (Å²) >= 11 is 0. The van der Waals surface area contributed by atoms with Gasteiger partial charge in [0, 0.05) is 13.8 Å². The van der Waals surface area contributed by atoms with Crippen LogP contribution in [0.4, 0.5) is 4.39 Å². The third-order valence-corrected chi connectivity index (χ3v) is 2.27. The highest BCUT2D eigenvalue weighted by molar-refractivity contribution is 5.67. The highest BCUT2D eigenvalue weighted by Crippen LogP contribution is 2.23. The quantitative estimate of drug-likeness (QED) is 0.655. The van der Waals surface area contributed by atoms with Gasteiger partial charge in [-0.2, -0.15) is 0 Å². The number of alkyl halides is 1. The molecule has 92 valence electrons. The smallest absolute Gasteiger partial charge is 0.303 e. The van der Waals surface area contributed by atoms with Gasteiger partial charge in [0.15, 0.2) is 18.4 Å². The van der Waals surface area contributed by atoms with Crippen LogP contribution < -0.4 is 0 Å². The summed E-state index contributed by atoms with van der Waals surface area (Å²) < 4.78 is 28.6. The molecule has 6 heteroatoms. The molecule has 0 aromatic rings. The maximum absolute atomic E-state index is 13.8. The highest BCUT2D eigenvalue weighted by atomic mass is 19.1. The van der Waals surface area contributed by atoms with Gasteiger partial charge < -0.3 is 14.2 Å². The van der Waals surface area contributed by atoms with Crippen LogP contribution in [0, 0.1) is 0 Å². The topological polar surface area (TPSA) is 61.8 Å². The molecule has 0 aromatic carbocycles. The van der Waals surface area contributed by atoms with E-state index in [1.807, 2.05) is 0 Å². The largest absolute Gasteiger partial charge is 0.457 e. The molecule has 1 rings (SSSR count). The lowest BCUT2D eigenvalue weighted by Gasteiger charge is -2.36. The van der Waals surface area contributed by atoms with E-state index in [-0.39, 0.29) is 6.61 Å². The third kappa shape index (κ3) is 3.16. The van der Waals surface area contributed by atoms with Crippen molar-refractivity contribution in [3.05, 3.63) is 0 Å². The lowest BCUT2D eigenvalue weighted by atomic mass is 10.0. The molecule has 0 aliphatic carbocycles. The summed E-state index contributed by atoms with van der Waals surface area (Å²) in [5.74, 6) is -1.18. The maximum Gasteiger partial charge on any atom is 0.303 e. The number of ether oxygens (including phenoxy) is 3. The van der Waals surface area contributed by atoms with Crippen LogP contribution in [0.15, 0.2) is 0 Å². The van der Waals surface area contributed by atoms with E-state index in [1.54, 1.807) is 6.92 Å². The van der Waals surface area contributed by atoms with E-state index in [2.05, 4.69) is 0 Å². The van der Waals surface area contributed by atoms with Gasteiger partial charge in [0.05, 0.1) is 12.7 Å². The monoisotopic (exact) mass is 234 g/mol. The van der Waals surface area contributed by atoms with Gasteiger partial charge in [0.1, 0.15) is 0 Å². The first-order chi connectivity index (χ1) is 7.41. The molecule has 0 spiro atoms. The third-order valence-electron chi connectivity index (χ3n) is 2.27. The zero-order valence-corrected chi connectivity index (χ0v) is 9.44. The number of carbonyl (C=O) groups is 2. The zero-order valence-electron chi connectivity index (χ0n) is 9.44. The average molecular weight is 234 g/mol. The van der Waals surface area contributed by atoms with Crippen LogP contribution in [-0.2, 0) is 23.8 Å². The van der Waals surface area contributed by atoms with Crippen LogP contribution in [-0.4, -0.2) is 43.0 Å². The molecule has 1 aliphatic rings. The van der Waals surface area contributed by atoms with Gasteiger partial charge in [0.2, 0.25) is 0 Å². The van der Waals surface area contributed by atoms with Gasteiger partial charge >= 0.3 is 11.9 Å². The van der Waals surface area contributed by atoms with Crippen molar-refractivity contribution in [3.63, 3.8) is 0 Å². The summed E-state index contributed by atoms with van der Waals surface area (Å²) in [7, 11) is 0. The van der Waals surface area contributed by atoms with E-state index in [1.165, 1.54) is 13.8 Å². The Morgan fingerprint density at radius 3 is 2.31 bits per heavy atom. The molecule has 0 amide bonds. The Bertz CT molecular complexity index is 280. The van der Waals surface area contributed by atoms with Gasteiger partial charge in [-0.15, -0.1) is 0 Å². The number of rotatable bonds is 2. The van der Waals surface area contributed by atoms with Crippen LogP contribution in [0.2, 0.25) is 0 Å². The second kappa shape index (κ2) is 5.25. The molecule has 5 nitrogen and oxygen atoms in total. The second-order valence-corrected chi connectivity index (χ2v) is 3.70. The molecular weight excluding hydrogens is 219 g/mol. The molecule has 0 bridgehead atoms. The molecule has 0 aromatic heterocycles. The van der Waals surface area contributed by atoms with Crippen molar-refractivity contribution in [2.75, 3.05) is 6.61 Å². The molecule has 0 unspecified atom stereocenters. The zero-order chi connectivity index (χ0) is 12.3. The Morgan fingerprint density at radius 2 is 1.81 bits per heavy atom. The minimum Gasteiger partial charge on any atom is -0.457 e. The average Bonchev–Trinajstić information content (AvgIpc) is 2.16. The van der Waals surface area contributed by atoms with Gasteiger partial charge in [-0.1, -0.05) is 0 Å². The van der Waals surface area contributed by atoms with Crippen molar-refractivity contribution in [3.8, 4) is 0 Å². The fourth-order valence-electron chi connectivity index (χ4n) is 1.57. The summed E-state index contributed by atoms with van der Waals surface area (Å²) in [5.41, 5.74) is 0. The molecule has 4 atom stereocenters. The van der Waals surface area contributed by atoms with E-state index < -0.39 is 36.4 Å². The molecule has 1 fully saturated rings. The van der Waals surface area contributed by atoms with E-state index in [0.29, 0.717) is 0 Å². The summed E-state index contributed by atoms with van der Waals surface area (Å²) in [6.45, 7) is 3.95. The first kappa shape index (κ1) is 12.9. The van der Waals surface area contributed by atoms with Gasteiger partial charge in [0.25, 0.3) is 0 Å². The molecule has 0 N–H and O–H groups in total. The molecular formula is C10H15FO5. The fourth-order valence-corrected chi connectivity index (χ4v) is 1.57. The Morgan fingerprint density at radius 1 is 1.25 bits per heavy atom. The lowest BCUT2D eigenvalue weighted by molar-refractivity contribution is -0.199. The SMILES string of the molecule is CC(=O)O[C@@H]1[C@@H](F)[C@@H](OC(C)=O)CO[C@H]1C. The molecule has 0 radical (unpaired) electrons. The van der Waals surface area contributed by atoms with Gasteiger partial charge in [-0.25, -0.2) is 4.39 Å². The van der Waals surface area contributed by atoms with E-state index in [0.717, 1.165) is 0 Å². The van der Waals surface area contributed by atoms with Crippen molar-refractivity contribution < 1.29 is 28.2 Å². The molecule has 1 heterocycles. The molecule has 16 heavy (non-hydrogen) atoms. The Kier molecular flexibility index (Phi) is 4.23. The summed E-state index contributed by atoms with van der Waals surface area (Å²) in [6.07, 6.45) is -4.16. The van der Waals surface area contributed by atoms with Crippen molar-refractivity contribution in [1.82, 2.24) is 0 Å². The van der Waals surface area contributed by atoms with Crippen LogP contribution in [0.5, 0.6) is 0 Å². The summed E-state index contributed by atoms with van der Waals surface area (Å²) in [6, 6.07) is 0. The van der Waals surface area contributed by atoms with Crippen LogP contribution in [0.25, 0.3) is 0 Å². The first-order valence-electron chi connectivity index (χ1n) is 5.02. The molecule has 1 aliphatic heterocycles. The number of hydrogen-bond acceptors (Lipinski definition) is 5. The van der Waals surface area contributed by atoms with Crippen molar-refractivity contribution in [2.24, 2.45) is 0 Å². The number of hydrogen-bond donors (Lipinski definition) is 0. The van der Waals surface area contributed by atoms with E-state index >= 15 is 0 Å². The predicted molar refractivity (Wildman–Crippen MR) is 51.4 cm³/mol. The molecule has 0 saturated carbocycles.